The second-order valence-electron chi connectivity index (χ2n) is 3.81. The van der Waals surface area contributed by atoms with Gasteiger partial charge in [0.25, 0.3) is 0 Å². The van der Waals surface area contributed by atoms with Crippen LogP contribution in [0.15, 0.2) is 12.4 Å². The fourth-order valence-corrected chi connectivity index (χ4v) is 1.22. The topological polar surface area (TPSA) is 40.7 Å². The Morgan fingerprint density at radius 3 is 3.00 bits per heavy atom. The Bertz CT molecular complexity index is 204. The summed E-state index contributed by atoms with van der Waals surface area (Å²) < 4.78 is 0. The Balaban J connectivity index is 1.96. The van der Waals surface area contributed by atoms with Gasteiger partial charge in [-0.05, 0) is 37.4 Å². The lowest BCUT2D eigenvalue weighted by atomic mass is 10.2. The highest BCUT2D eigenvalue weighted by atomic mass is 15.1. The molecule has 2 N–H and O–H groups in total. The molecule has 0 amide bonds. The van der Waals surface area contributed by atoms with Crippen molar-refractivity contribution in [3.8, 4) is 0 Å². The maximum atomic E-state index is 3.90. The van der Waals surface area contributed by atoms with Crippen molar-refractivity contribution in [2.75, 3.05) is 13.1 Å². The molecule has 0 aliphatic heterocycles. The predicted molar refractivity (Wildman–Crippen MR) is 54.6 cm³/mol. The minimum Gasteiger partial charge on any atom is -0.316 e. The van der Waals surface area contributed by atoms with Crippen LogP contribution < -0.4 is 5.32 Å². The smallest absolute Gasteiger partial charge is 0.0519 e. The van der Waals surface area contributed by atoms with E-state index in [1.165, 1.54) is 12.0 Å². The molecule has 1 aromatic rings. The van der Waals surface area contributed by atoms with Gasteiger partial charge in [-0.1, -0.05) is 13.8 Å². The quantitative estimate of drug-likeness (QED) is 0.654. The molecule has 0 aliphatic carbocycles. The molecular weight excluding hydrogens is 162 g/mol. The fraction of sp³-hybridized carbons (Fsp3) is 0.700. The lowest BCUT2D eigenvalue weighted by Crippen LogP contribution is -2.20. The highest BCUT2D eigenvalue weighted by Gasteiger charge is 1.95. The van der Waals surface area contributed by atoms with Crippen molar-refractivity contribution in [2.45, 2.75) is 26.7 Å². The SMILES string of the molecule is CC(C)CNCCCc1cn[nH]c1. The molecule has 1 rings (SSSR count). The zero-order valence-electron chi connectivity index (χ0n) is 8.51. The molecule has 0 atom stereocenters. The highest BCUT2D eigenvalue weighted by Crippen LogP contribution is 1.97. The average molecular weight is 181 g/mol. The molecule has 0 aliphatic rings. The molecule has 3 heteroatoms. The Kier molecular flexibility index (Phi) is 4.54. The van der Waals surface area contributed by atoms with Crippen LogP contribution in [0.4, 0.5) is 0 Å². The largest absolute Gasteiger partial charge is 0.316 e. The predicted octanol–water partition coefficient (Wildman–Crippen LogP) is 1.59. The van der Waals surface area contributed by atoms with Crippen molar-refractivity contribution in [1.82, 2.24) is 15.5 Å². The number of aryl methyl sites for hydroxylation is 1. The summed E-state index contributed by atoms with van der Waals surface area (Å²) in [7, 11) is 0. The van der Waals surface area contributed by atoms with E-state index in [2.05, 4.69) is 29.4 Å². The number of H-pyrrole nitrogens is 1. The van der Waals surface area contributed by atoms with Gasteiger partial charge in [0.15, 0.2) is 0 Å². The van der Waals surface area contributed by atoms with Gasteiger partial charge < -0.3 is 5.32 Å². The number of hydrogen-bond donors (Lipinski definition) is 2. The second-order valence-corrected chi connectivity index (χ2v) is 3.81. The Labute approximate surface area is 79.9 Å². The number of rotatable bonds is 6. The van der Waals surface area contributed by atoms with Gasteiger partial charge >= 0.3 is 0 Å². The minimum absolute atomic E-state index is 0.744. The molecule has 0 fully saturated rings. The lowest BCUT2D eigenvalue weighted by molar-refractivity contribution is 0.543. The summed E-state index contributed by atoms with van der Waals surface area (Å²) in [4.78, 5) is 0. The average Bonchev–Trinajstić information content (AvgIpc) is 2.55. The van der Waals surface area contributed by atoms with Crippen molar-refractivity contribution in [2.24, 2.45) is 5.92 Å². The summed E-state index contributed by atoms with van der Waals surface area (Å²) in [6.07, 6.45) is 6.15. The summed E-state index contributed by atoms with van der Waals surface area (Å²) >= 11 is 0. The molecule has 0 spiro atoms. The van der Waals surface area contributed by atoms with E-state index in [-0.39, 0.29) is 0 Å². The lowest BCUT2D eigenvalue weighted by Gasteiger charge is -2.05. The monoisotopic (exact) mass is 181 g/mol. The van der Waals surface area contributed by atoms with Gasteiger partial charge in [0, 0.05) is 6.20 Å². The van der Waals surface area contributed by atoms with Crippen molar-refractivity contribution >= 4 is 0 Å². The van der Waals surface area contributed by atoms with Crippen molar-refractivity contribution < 1.29 is 0 Å². The number of nitrogens with zero attached hydrogens (tertiary/aromatic N) is 1. The van der Waals surface area contributed by atoms with E-state index in [9.17, 15) is 0 Å². The summed E-state index contributed by atoms with van der Waals surface area (Å²) in [5.74, 6) is 0.744. The van der Waals surface area contributed by atoms with Crippen LogP contribution in [0.25, 0.3) is 0 Å². The standard InChI is InChI=1S/C10H19N3/c1-9(2)6-11-5-3-4-10-7-12-13-8-10/h7-9,11H,3-6H2,1-2H3,(H,12,13). The van der Waals surface area contributed by atoms with E-state index in [1.807, 2.05) is 12.4 Å². The van der Waals surface area contributed by atoms with Gasteiger partial charge in [-0.3, -0.25) is 5.10 Å². The third kappa shape index (κ3) is 4.68. The van der Waals surface area contributed by atoms with Gasteiger partial charge in [-0.25, -0.2) is 0 Å². The second kappa shape index (κ2) is 5.75. The Hall–Kier alpha value is -0.830. The highest BCUT2D eigenvalue weighted by molar-refractivity contribution is 5.01. The summed E-state index contributed by atoms with van der Waals surface area (Å²) in [6, 6.07) is 0. The van der Waals surface area contributed by atoms with Gasteiger partial charge in [0.1, 0.15) is 0 Å². The molecule has 0 saturated heterocycles. The summed E-state index contributed by atoms with van der Waals surface area (Å²) in [5, 5.41) is 10.1. The first-order chi connectivity index (χ1) is 6.29. The van der Waals surface area contributed by atoms with Crippen LogP contribution >= 0.6 is 0 Å². The Morgan fingerprint density at radius 2 is 2.38 bits per heavy atom. The van der Waals surface area contributed by atoms with E-state index >= 15 is 0 Å². The first-order valence-corrected chi connectivity index (χ1v) is 4.97. The third-order valence-corrected chi connectivity index (χ3v) is 1.93. The van der Waals surface area contributed by atoms with E-state index in [4.69, 9.17) is 0 Å². The van der Waals surface area contributed by atoms with Gasteiger partial charge in [-0.2, -0.15) is 5.10 Å². The van der Waals surface area contributed by atoms with Crippen LogP contribution in [0.2, 0.25) is 0 Å². The molecule has 1 aromatic heterocycles. The molecule has 74 valence electrons. The van der Waals surface area contributed by atoms with Crippen molar-refractivity contribution in [3.63, 3.8) is 0 Å². The van der Waals surface area contributed by atoms with E-state index in [0.29, 0.717) is 0 Å². The van der Waals surface area contributed by atoms with Gasteiger partial charge in [0.05, 0.1) is 6.20 Å². The van der Waals surface area contributed by atoms with Crippen LogP contribution in [0.1, 0.15) is 25.8 Å². The molecule has 13 heavy (non-hydrogen) atoms. The van der Waals surface area contributed by atoms with Gasteiger partial charge in [0.2, 0.25) is 0 Å². The first kappa shape index (κ1) is 10.3. The summed E-state index contributed by atoms with van der Waals surface area (Å²) in [6.45, 7) is 6.67. The zero-order chi connectivity index (χ0) is 9.52. The zero-order valence-corrected chi connectivity index (χ0v) is 8.51. The number of hydrogen-bond acceptors (Lipinski definition) is 2. The number of aromatic nitrogens is 2. The van der Waals surface area contributed by atoms with Crippen LogP contribution in [0, 0.1) is 5.92 Å². The van der Waals surface area contributed by atoms with Crippen molar-refractivity contribution in [1.29, 1.82) is 0 Å². The van der Waals surface area contributed by atoms with Crippen LogP contribution in [-0.4, -0.2) is 23.3 Å². The first-order valence-electron chi connectivity index (χ1n) is 4.97. The van der Waals surface area contributed by atoms with Crippen LogP contribution in [-0.2, 0) is 6.42 Å². The van der Waals surface area contributed by atoms with Crippen LogP contribution in [0.5, 0.6) is 0 Å². The van der Waals surface area contributed by atoms with Crippen molar-refractivity contribution in [3.05, 3.63) is 18.0 Å². The third-order valence-electron chi connectivity index (χ3n) is 1.93. The maximum Gasteiger partial charge on any atom is 0.0519 e. The fourth-order valence-electron chi connectivity index (χ4n) is 1.22. The number of nitrogens with one attached hydrogen (secondary N) is 2. The van der Waals surface area contributed by atoms with E-state index in [1.54, 1.807) is 0 Å². The molecule has 0 unspecified atom stereocenters. The molecule has 0 aromatic carbocycles. The maximum absolute atomic E-state index is 3.90. The summed E-state index contributed by atoms with van der Waals surface area (Å²) in [5.41, 5.74) is 1.30. The number of aromatic amines is 1. The molecule has 0 bridgehead atoms. The molecule has 0 radical (unpaired) electrons. The van der Waals surface area contributed by atoms with E-state index < -0.39 is 0 Å². The molecule has 0 saturated carbocycles. The van der Waals surface area contributed by atoms with Crippen LogP contribution in [0.3, 0.4) is 0 Å². The van der Waals surface area contributed by atoms with E-state index in [0.717, 1.165) is 25.4 Å². The van der Waals surface area contributed by atoms with Gasteiger partial charge in [-0.15, -0.1) is 0 Å². The molecule has 3 nitrogen and oxygen atoms in total. The molecule has 1 heterocycles. The molecular formula is C10H19N3. The Morgan fingerprint density at radius 1 is 1.54 bits per heavy atom. The normalized spacial score (nSPS) is 11.0. The minimum atomic E-state index is 0.744.